The van der Waals surface area contributed by atoms with Crippen molar-refractivity contribution in [2.24, 2.45) is 11.8 Å². The van der Waals surface area contributed by atoms with E-state index >= 15 is 0 Å². The largest absolute Gasteiger partial charge is 0.465 e. The van der Waals surface area contributed by atoms with E-state index in [0.717, 1.165) is 4.90 Å². The summed E-state index contributed by atoms with van der Waals surface area (Å²) in [6, 6.07) is 8.96. The first-order chi connectivity index (χ1) is 13.9. The molecule has 29 heavy (non-hydrogen) atoms. The summed E-state index contributed by atoms with van der Waals surface area (Å²) < 4.78 is 10.3. The molecule has 2 amide bonds. The number of furan rings is 1. The van der Waals surface area contributed by atoms with Crippen molar-refractivity contribution in [1.29, 1.82) is 0 Å². The Morgan fingerprint density at radius 1 is 1.17 bits per heavy atom. The highest BCUT2D eigenvalue weighted by atomic mass is 16.6. The van der Waals surface area contributed by atoms with Crippen LogP contribution in [-0.2, 0) is 19.1 Å². The number of esters is 1. The fourth-order valence-electron chi connectivity index (χ4n) is 3.96. The van der Waals surface area contributed by atoms with Crippen LogP contribution in [0.2, 0.25) is 0 Å². The standard InChI is InChI=1S/C19H17N3O7/c1-2-28-19(25)16-14-13(15(20-16)11-8-9-12(29-11)22(26)27)17(23)21(18(14)24)10-6-4-3-5-7-10/h3-9,13-16,20H,2H2,1H3. The van der Waals surface area contributed by atoms with Crippen molar-refractivity contribution in [2.45, 2.75) is 19.0 Å². The van der Waals surface area contributed by atoms with Crippen molar-refractivity contribution < 1.29 is 28.5 Å². The molecule has 0 bridgehead atoms. The minimum atomic E-state index is -1.07. The Hall–Kier alpha value is -3.53. The zero-order valence-electron chi connectivity index (χ0n) is 15.3. The summed E-state index contributed by atoms with van der Waals surface area (Å²) >= 11 is 0. The summed E-state index contributed by atoms with van der Waals surface area (Å²) in [4.78, 5) is 50.1. The Balaban J connectivity index is 1.75. The Morgan fingerprint density at radius 2 is 1.86 bits per heavy atom. The predicted octanol–water partition coefficient (Wildman–Crippen LogP) is 1.57. The molecule has 0 spiro atoms. The smallest absolute Gasteiger partial charge is 0.433 e. The lowest BCUT2D eigenvalue weighted by atomic mass is 9.88. The van der Waals surface area contributed by atoms with Gasteiger partial charge in [0.15, 0.2) is 0 Å². The summed E-state index contributed by atoms with van der Waals surface area (Å²) in [5.41, 5.74) is 0.392. The summed E-state index contributed by atoms with van der Waals surface area (Å²) in [6.07, 6.45) is 0. The molecule has 1 aromatic heterocycles. The van der Waals surface area contributed by atoms with E-state index in [0.29, 0.717) is 5.69 Å². The fourth-order valence-corrected chi connectivity index (χ4v) is 3.96. The molecule has 1 N–H and O–H groups in total. The van der Waals surface area contributed by atoms with Crippen LogP contribution in [0.5, 0.6) is 0 Å². The van der Waals surface area contributed by atoms with Crippen LogP contribution in [0.25, 0.3) is 0 Å². The second kappa shape index (κ2) is 7.13. The quantitative estimate of drug-likeness (QED) is 0.347. The molecule has 10 heteroatoms. The van der Waals surface area contributed by atoms with E-state index in [1.54, 1.807) is 37.3 Å². The maximum atomic E-state index is 13.2. The number of hydrogen-bond donors (Lipinski definition) is 1. The van der Waals surface area contributed by atoms with E-state index in [9.17, 15) is 24.5 Å². The molecule has 2 saturated heterocycles. The van der Waals surface area contributed by atoms with Crippen LogP contribution in [0.3, 0.4) is 0 Å². The minimum absolute atomic E-state index is 0.106. The van der Waals surface area contributed by atoms with Crippen molar-refractivity contribution in [1.82, 2.24) is 5.32 Å². The number of amides is 2. The molecule has 2 aliphatic heterocycles. The van der Waals surface area contributed by atoms with E-state index in [1.165, 1.54) is 12.1 Å². The van der Waals surface area contributed by atoms with Gasteiger partial charge >= 0.3 is 11.9 Å². The van der Waals surface area contributed by atoms with E-state index in [2.05, 4.69) is 5.32 Å². The van der Waals surface area contributed by atoms with Crippen LogP contribution in [-0.4, -0.2) is 35.4 Å². The van der Waals surface area contributed by atoms with Gasteiger partial charge in [-0.25, -0.2) is 4.90 Å². The highest BCUT2D eigenvalue weighted by Crippen LogP contribution is 2.46. The number of ether oxygens (including phenoxy) is 1. The number of carbonyl (C=O) groups is 3. The van der Waals surface area contributed by atoms with Crippen LogP contribution in [0.15, 0.2) is 46.9 Å². The third-order valence-corrected chi connectivity index (χ3v) is 5.13. The van der Waals surface area contributed by atoms with Gasteiger partial charge in [-0.3, -0.25) is 29.8 Å². The molecule has 4 atom stereocenters. The summed E-state index contributed by atoms with van der Waals surface area (Å²) in [6.45, 7) is 1.74. The van der Waals surface area contributed by atoms with Crippen molar-refractivity contribution >= 4 is 29.4 Å². The topological polar surface area (TPSA) is 132 Å². The van der Waals surface area contributed by atoms with Gasteiger partial charge in [0, 0.05) is 0 Å². The first-order valence-corrected chi connectivity index (χ1v) is 9.03. The molecule has 0 saturated carbocycles. The van der Waals surface area contributed by atoms with Gasteiger partial charge in [0.25, 0.3) is 0 Å². The van der Waals surface area contributed by atoms with Gasteiger partial charge in [0.2, 0.25) is 11.8 Å². The normalized spacial score (nSPS) is 25.9. The predicted molar refractivity (Wildman–Crippen MR) is 97.6 cm³/mol. The van der Waals surface area contributed by atoms with E-state index in [4.69, 9.17) is 9.15 Å². The van der Waals surface area contributed by atoms with Gasteiger partial charge in [-0.05, 0) is 25.1 Å². The number of nitrogens with zero attached hydrogens (tertiary/aromatic N) is 2. The summed E-state index contributed by atoms with van der Waals surface area (Å²) in [5, 5.41) is 13.9. The maximum absolute atomic E-state index is 13.2. The lowest BCUT2D eigenvalue weighted by Gasteiger charge is -2.20. The summed E-state index contributed by atoms with van der Waals surface area (Å²) in [7, 11) is 0. The maximum Gasteiger partial charge on any atom is 0.433 e. The van der Waals surface area contributed by atoms with Crippen molar-refractivity contribution in [2.75, 3.05) is 11.5 Å². The molecule has 4 rings (SSSR count). The van der Waals surface area contributed by atoms with Crippen molar-refractivity contribution in [3.05, 3.63) is 58.3 Å². The SMILES string of the molecule is CCOC(=O)C1NC(c2ccc([N+](=O)[O-])o2)C2C(=O)N(c3ccccc3)C(=O)C12. The van der Waals surface area contributed by atoms with Crippen LogP contribution < -0.4 is 10.2 Å². The van der Waals surface area contributed by atoms with E-state index in [1.807, 2.05) is 0 Å². The second-order valence-electron chi connectivity index (χ2n) is 6.71. The lowest BCUT2D eigenvalue weighted by molar-refractivity contribution is -0.402. The van der Waals surface area contributed by atoms with Crippen molar-refractivity contribution in [3.63, 3.8) is 0 Å². The Kier molecular flexibility index (Phi) is 4.63. The van der Waals surface area contributed by atoms with Crippen LogP contribution in [0, 0.1) is 22.0 Å². The molecule has 150 valence electrons. The highest BCUT2D eigenvalue weighted by molar-refractivity contribution is 6.23. The zero-order valence-corrected chi connectivity index (χ0v) is 15.3. The molecule has 10 nitrogen and oxygen atoms in total. The molecule has 0 aliphatic carbocycles. The molecule has 4 unspecified atom stereocenters. The van der Waals surface area contributed by atoms with Crippen LogP contribution >= 0.6 is 0 Å². The number of nitrogens with one attached hydrogen (secondary N) is 1. The number of rotatable bonds is 5. The van der Waals surface area contributed by atoms with Crippen LogP contribution in [0.1, 0.15) is 18.7 Å². The number of para-hydroxylation sites is 1. The van der Waals surface area contributed by atoms with Gasteiger partial charge in [0.05, 0.1) is 36.2 Å². The average Bonchev–Trinajstić information content (AvgIpc) is 3.39. The molecular formula is C19H17N3O7. The molecule has 2 aliphatic rings. The number of fused-ring (bicyclic) bond motifs is 1. The van der Waals surface area contributed by atoms with Gasteiger partial charge in [-0.15, -0.1) is 0 Å². The Morgan fingerprint density at radius 3 is 2.48 bits per heavy atom. The molecule has 3 heterocycles. The molecule has 1 aromatic carbocycles. The fraction of sp³-hybridized carbons (Fsp3) is 0.316. The first kappa shape index (κ1) is 18.8. The Bertz CT molecular complexity index is 987. The Labute approximate surface area is 164 Å². The minimum Gasteiger partial charge on any atom is -0.465 e. The third kappa shape index (κ3) is 2.97. The monoisotopic (exact) mass is 399 g/mol. The van der Waals surface area contributed by atoms with Gasteiger partial charge in [-0.1, -0.05) is 18.2 Å². The highest BCUT2D eigenvalue weighted by Gasteiger charge is 2.62. The molecular weight excluding hydrogens is 382 g/mol. The zero-order chi connectivity index (χ0) is 20.7. The van der Waals surface area contributed by atoms with E-state index in [-0.39, 0.29) is 12.4 Å². The van der Waals surface area contributed by atoms with E-state index < -0.39 is 52.5 Å². The summed E-state index contributed by atoms with van der Waals surface area (Å²) in [5.74, 6) is -4.04. The third-order valence-electron chi connectivity index (χ3n) is 5.13. The number of imide groups is 1. The number of hydrogen-bond acceptors (Lipinski definition) is 8. The number of nitro groups is 1. The number of carbonyl (C=O) groups excluding carboxylic acids is 3. The number of anilines is 1. The van der Waals surface area contributed by atoms with Gasteiger partial charge in [0.1, 0.15) is 16.7 Å². The second-order valence-corrected chi connectivity index (χ2v) is 6.71. The average molecular weight is 399 g/mol. The van der Waals surface area contributed by atoms with Gasteiger partial charge in [-0.2, -0.15) is 0 Å². The lowest BCUT2D eigenvalue weighted by Crippen LogP contribution is -2.44. The van der Waals surface area contributed by atoms with Crippen LogP contribution in [0.4, 0.5) is 11.6 Å². The molecule has 2 aromatic rings. The molecule has 0 radical (unpaired) electrons. The number of benzene rings is 1. The van der Waals surface area contributed by atoms with Gasteiger partial charge < -0.3 is 9.15 Å². The first-order valence-electron chi connectivity index (χ1n) is 9.03. The molecule has 2 fully saturated rings. The van der Waals surface area contributed by atoms with Crippen molar-refractivity contribution in [3.8, 4) is 0 Å².